The SMILES string of the molecule is CC(C)c1cc(Br)ccc1Oc1nc(N)nc2nc[nH]c12. The predicted octanol–water partition coefficient (Wildman–Crippen LogP) is 3.61. The highest BCUT2D eigenvalue weighted by molar-refractivity contribution is 9.10. The van der Waals surface area contributed by atoms with Crippen molar-refractivity contribution in [3.05, 3.63) is 34.6 Å². The van der Waals surface area contributed by atoms with Gasteiger partial charge in [0.15, 0.2) is 5.65 Å². The fourth-order valence-electron chi connectivity index (χ4n) is 2.06. The van der Waals surface area contributed by atoms with Crippen LogP contribution in [0.25, 0.3) is 11.2 Å². The monoisotopic (exact) mass is 347 g/mol. The highest BCUT2D eigenvalue weighted by Crippen LogP contribution is 2.34. The number of anilines is 1. The van der Waals surface area contributed by atoms with Crippen LogP contribution in [0.15, 0.2) is 29.0 Å². The third-order valence-corrected chi connectivity index (χ3v) is 3.56. The lowest BCUT2D eigenvalue weighted by atomic mass is 10.0. The Morgan fingerprint density at radius 1 is 1.29 bits per heavy atom. The van der Waals surface area contributed by atoms with Gasteiger partial charge in [-0.25, -0.2) is 4.98 Å². The van der Waals surface area contributed by atoms with Crippen LogP contribution in [-0.4, -0.2) is 19.9 Å². The van der Waals surface area contributed by atoms with Gasteiger partial charge in [0.25, 0.3) is 5.88 Å². The number of aromatic nitrogens is 4. The quantitative estimate of drug-likeness (QED) is 0.755. The summed E-state index contributed by atoms with van der Waals surface area (Å²) in [6, 6.07) is 5.87. The number of H-pyrrole nitrogens is 1. The van der Waals surface area contributed by atoms with Crippen LogP contribution in [0.4, 0.5) is 5.95 Å². The van der Waals surface area contributed by atoms with Crippen LogP contribution in [0.2, 0.25) is 0 Å². The van der Waals surface area contributed by atoms with E-state index in [1.54, 1.807) is 0 Å². The first-order valence-electron chi connectivity index (χ1n) is 6.48. The van der Waals surface area contributed by atoms with Gasteiger partial charge < -0.3 is 15.5 Å². The number of imidazole rings is 1. The number of ether oxygens (including phenoxy) is 1. The molecular weight excluding hydrogens is 334 g/mol. The number of hydrogen-bond donors (Lipinski definition) is 2. The summed E-state index contributed by atoms with van der Waals surface area (Å²) >= 11 is 3.48. The van der Waals surface area contributed by atoms with Gasteiger partial charge in [0.2, 0.25) is 5.95 Å². The molecule has 0 aliphatic carbocycles. The fourth-order valence-corrected chi connectivity index (χ4v) is 2.44. The third kappa shape index (κ3) is 2.69. The molecular formula is C14H14BrN5O. The number of benzene rings is 1. The summed E-state index contributed by atoms with van der Waals surface area (Å²) in [7, 11) is 0. The second kappa shape index (κ2) is 5.33. The zero-order valence-corrected chi connectivity index (χ0v) is 13.2. The highest BCUT2D eigenvalue weighted by atomic mass is 79.9. The van der Waals surface area contributed by atoms with Gasteiger partial charge in [0, 0.05) is 4.47 Å². The number of nitrogens with two attached hydrogens (primary N) is 1. The molecule has 0 saturated carbocycles. The van der Waals surface area contributed by atoms with Gasteiger partial charge >= 0.3 is 0 Å². The number of nitrogens with zero attached hydrogens (tertiary/aromatic N) is 3. The summed E-state index contributed by atoms with van der Waals surface area (Å²) < 4.78 is 6.96. The Hall–Kier alpha value is -2.15. The molecule has 0 amide bonds. The van der Waals surface area contributed by atoms with Crippen LogP contribution >= 0.6 is 15.9 Å². The first kappa shape index (κ1) is 13.8. The number of halogens is 1. The molecule has 7 heteroatoms. The Bertz CT molecular complexity index is 799. The molecule has 0 spiro atoms. The number of hydrogen-bond acceptors (Lipinski definition) is 5. The summed E-state index contributed by atoms with van der Waals surface area (Å²) in [5, 5.41) is 0. The third-order valence-electron chi connectivity index (χ3n) is 3.07. The van der Waals surface area contributed by atoms with Crippen LogP contribution in [0.1, 0.15) is 25.3 Å². The van der Waals surface area contributed by atoms with Crippen molar-refractivity contribution >= 4 is 33.0 Å². The lowest BCUT2D eigenvalue weighted by molar-refractivity contribution is 0.459. The molecule has 3 N–H and O–H groups in total. The van der Waals surface area contributed by atoms with E-state index in [1.165, 1.54) is 6.33 Å². The number of nitrogen functional groups attached to an aromatic ring is 1. The molecule has 0 atom stereocenters. The second-order valence-corrected chi connectivity index (χ2v) is 5.84. The lowest BCUT2D eigenvalue weighted by Crippen LogP contribution is -2.00. The molecule has 0 saturated heterocycles. The van der Waals surface area contributed by atoms with Gasteiger partial charge in [0.05, 0.1) is 6.33 Å². The fraction of sp³-hybridized carbons (Fsp3) is 0.214. The van der Waals surface area contributed by atoms with E-state index in [0.29, 0.717) is 23.0 Å². The van der Waals surface area contributed by atoms with Gasteiger partial charge in [0.1, 0.15) is 11.3 Å². The topological polar surface area (TPSA) is 89.7 Å². The van der Waals surface area contributed by atoms with E-state index in [9.17, 15) is 0 Å². The van der Waals surface area contributed by atoms with E-state index in [0.717, 1.165) is 15.8 Å². The van der Waals surface area contributed by atoms with Crippen LogP contribution < -0.4 is 10.5 Å². The largest absolute Gasteiger partial charge is 0.437 e. The van der Waals surface area contributed by atoms with Crippen molar-refractivity contribution in [2.75, 3.05) is 5.73 Å². The van der Waals surface area contributed by atoms with E-state index in [-0.39, 0.29) is 5.95 Å². The molecule has 0 aliphatic heterocycles. The molecule has 0 aliphatic rings. The Morgan fingerprint density at radius 3 is 2.86 bits per heavy atom. The maximum atomic E-state index is 5.96. The summed E-state index contributed by atoms with van der Waals surface area (Å²) in [4.78, 5) is 15.2. The minimum atomic E-state index is 0.132. The summed E-state index contributed by atoms with van der Waals surface area (Å²) in [5.74, 6) is 1.56. The molecule has 21 heavy (non-hydrogen) atoms. The number of aromatic amines is 1. The second-order valence-electron chi connectivity index (χ2n) is 4.93. The van der Waals surface area contributed by atoms with Crippen LogP contribution in [-0.2, 0) is 0 Å². The molecule has 108 valence electrons. The van der Waals surface area contributed by atoms with Crippen LogP contribution in [0, 0.1) is 0 Å². The van der Waals surface area contributed by atoms with E-state index in [2.05, 4.69) is 49.7 Å². The smallest absolute Gasteiger partial charge is 0.250 e. The summed E-state index contributed by atoms with van der Waals surface area (Å²) in [6.07, 6.45) is 1.54. The Kier molecular flexibility index (Phi) is 3.50. The van der Waals surface area contributed by atoms with E-state index in [4.69, 9.17) is 10.5 Å². The molecule has 0 radical (unpaired) electrons. The maximum Gasteiger partial charge on any atom is 0.250 e. The summed E-state index contributed by atoms with van der Waals surface area (Å²) in [5.41, 5.74) is 7.89. The number of fused-ring (bicyclic) bond motifs is 1. The van der Waals surface area contributed by atoms with Crippen molar-refractivity contribution < 1.29 is 4.74 Å². The van der Waals surface area contributed by atoms with Gasteiger partial charge in [-0.3, -0.25) is 0 Å². The maximum absolute atomic E-state index is 5.96. The molecule has 1 aromatic carbocycles. The number of nitrogens with one attached hydrogen (secondary N) is 1. The van der Waals surface area contributed by atoms with E-state index in [1.807, 2.05) is 18.2 Å². The zero-order chi connectivity index (χ0) is 15.0. The number of rotatable bonds is 3. The predicted molar refractivity (Wildman–Crippen MR) is 84.4 cm³/mol. The zero-order valence-electron chi connectivity index (χ0n) is 11.6. The average Bonchev–Trinajstić information content (AvgIpc) is 2.88. The van der Waals surface area contributed by atoms with E-state index < -0.39 is 0 Å². The standard InChI is InChI=1S/C14H14BrN5O/c1-7(2)9-5-8(15)3-4-10(9)21-13-11-12(18-6-17-11)19-14(16)20-13/h3-7H,1-2H3,(H3,16,17,18,19,20). The van der Waals surface area contributed by atoms with Gasteiger partial charge in [-0.05, 0) is 29.7 Å². The minimum absolute atomic E-state index is 0.132. The first-order valence-corrected chi connectivity index (χ1v) is 7.28. The Labute approximate surface area is 129 Å². The highest BCUT2D eigenvalue weighted by Gasteiger charge is 2.14. The van der Waals surface area contributed by atoms with E-state index >= 15 is 0 Å². The molecule has 0 bridgehead atoms. The van der Waals surface area contributed by atoms with Crippen molar-refractivity contribution in [3.63, 3.8) is 0 Å². The van der Waals surface area contributed by atoms with Gasteiger partial charge in [-0.1, -0.05) is 29.8 Å². The van der Waals surface area contributed by atoms with Crippen molar-refractivity contribution in [2.45, 2.75) is 19.8 Å². The molecule has 0 fully saturated rings. The van der Waals surface area contributed by atoms with Crippen molar-refractivity contribution in [2.24, 2.45) is 0 Å². The molecule has 0 unspecified atom stereocenters. The van der Waals surface area contributed by atoms with Crippen LogP contribution in [0.5, 0.6) is 11.6 Å². The minimum Gasteiger partial charge on any atom is -0.437 e. The normalized spacial score (nSPS) is 11.2. The van der Waals surface area contributed by atoms with Crippen LogP contribution in [0.3, 0.4) is 0 Å². The molecule has 3 aromatic rings. The van der Waals surface area contributed by atoms with Gasteiger partial charge in [-0.2, -0.15) is 9.97 Å². The molecule has 6 nitrogen and oxygen atoms in total. The van der Waals surface area contributed by atoms with Gasteiger partial charge in [-0.15, -0.1) is 0 Å². The molecule has 2 aromatic heterocycles. The Balaban J connectivity index is 2.08. The lowest BCUT2D eigenvalue weighted by Gasteiger charge is -2.14. The van der Waals surface area contributed by atoms with Crippen molar-refractivity contribution in [1.29, 1.82) is 0 Å². The average molecular weight is 348 g/mol. The Morgan fingerprint density at radius 2 is 2.10 bits per heavy atom. The van der Waals surface area contributed by atoms with Crippen molar-refractivity contribution in [3.8, 4) is 11.6 Å². The van der Waals surface area contributed by atoms with Crippen molar-refractivity contribution in [1.82, 2.24) is 19.9 Å². The summed E-state index contributed by atoms with van der Waals surface area (Å²) in [6.45, 7) is 4.21. The first-order chi connectivity index (χ1) is 10.0. The molecule has 2 heterocycles. The molecule has 3 rings (SSSR count).